The minimum atomic E-state index is -1.03. The van der Waals surface area contributed by atoms with Gasteiger partial charge in [0.05, 0.1) is 11.1 Å². The van der Waals surface area contributed by atoms with Gasteiger partial charge in [-0.3, -0.25) is 4.79 Å². The number of amides is 1. The van der Waals surface area contributed by atoms with Crippen LogP contribution in [0, 0.1) is 5.82 Å². The third kappa shape index (κ3) is 3.38. The standard InChI is InChI=1S/C16H16ClFN2O3/c17-11-6-5-9(7-12(11)18)13(21)8-19-16(22)15-10-3-1-2-4-14(10)23-20-15/h5-7,13,21H,1-4,8H2,(H,19,22). The summed E-state index contributed by atoms with van der Waals surface area (Å²) in [5.74, 6) is -0.243. The maximum Gasteiger partial charge on any atom is 0.273 e. The third-order valence-electron chi connectivity index (χ3n) is 3.95. The largest absolute Gasteiger partial charge is 0.387 e. The molecule has 0 saturated heterocycles. The number of halogens is 2. The van der Waals surface area contributed by atoms with E-state index in [-0.39, 0.29) is 17.3 Å². The number of fused-ring (bicyclic) bond motifs is 1. The van der Waals surface area contributed by atoms with E-state index in [0.29, 0.717) is 5.56 Å². The first kappa shape index (κ1) is 16.0. The van der Waals surface area contributed by atoms with Gasteiger partial charge in [0, 0.05) is 18.5 Å². The highest BCUT2D eigenvalue weighted by Crippen LogP contribution is 2.24. The Kier molecular flexibility index (Phi) is 4.63. The van der Waals surface area contributed by atoms with E-state index in [4.69, 9.17) is 16.1 Å². The van der Waals surface area contributed by atoms with Crippen molar-refractivity contribution in [2.24, 2.45) is 0 Å². The average molecular weight is 339 g/mol. The second kappa shape index (κ2) is 6.68. The summed E-state index contributed by atoms with van der Waals surface area (Å²) in [4.78, 5) is 12.2. The van der Waals surface area contributed by atoms with Crippen LogP contribution < -0.4 is 5.32 Å². The minimum Gasteiger partial charge on any atom is -0.387 e. The molecule has 1 heterocycles. The van der Waals surface area contributed by atoms with Crippen molar-refractivity contribution in [1.29, 1.82) is 0 Å². The molecule has 0 aliphatic heterocycles. The molecule has 1 aromatic carbocycles. The number of carbonyl (C=O) groups excluding carboxylic acids is 1. The van der Waals surface area contributed by atoms with E-state index in [1.54, 1.807) is 0 Å². The van der Waals surface area contributed by atoms with Crippen LogP contribution >= 0.6 is 11.6 Å². The van der Waals surface area contributed by atoms with E-state index in [2.05, 4.69) is 10.5 Å². The fourth-order valence-corrected chi connectivity index (χ4v) is 2.79. The highest BCUT2D eigenvalue weighted by atomic mass is 35.5. The maximum absolute atomic E-state index is 13.4. The summed E-state index contributed by atoms with van der Waals surface area (Å²) in [5.41, 5.74) is 1.46. The van der Waals surface area contributed by atoms with Crippen LogP contribution in [-0.4, -0.2) is 22.7 Å². The third-order valence-corrected chi connectivity index (χ3v) is 4.26. The molecule has 23 heavy (non-hydrogen) atoms. The van der Waals surface area contributed by atoms with E-state index < -0.39 is 17.8 Å². The number of aromatic nitrogens is 1. The summed E-state index contributed by atoms with van der Waals surface area (Å²) in [7, 11) is 0. The van der Waals surface area contributed by atoms with Gasteiger partial charge >= 0.3 is 0 Å². The molecule has 1 amide bonds. The molecular formula is C16H16ClFN2O3. The average Bonchev–Trinajstić information content (AvgIpc) is 2.99. The Morgan fingerprint density at radius 2 is 2.22 bits per heavy atom. The monoisotopic (exact) mass is 338 g/mol. The Morgan fingerprint density at radius 1 is 1.43 bits per heavy atom. The van der Waals surface area contributed by atoms with Crippen molar-refractivity contribution < 1.29 is 18.8 Å². The van der Waals surface area contributed by atoms with Crippen molar-refractivity contribution in [3.05, 3.63) is 51.6 Å². The summed E-state index contributed by atoms with van der Waals surface area (Å²) >= 11 is 5.60. The summed E-state index contributed by atoms with van der Waals surface area (Å²) < 4.78 is 18.6. The number of benzene rings is 1. The summed E-state index contributed by atoms with van der Waals surface area (Å²) in [6.45, 7) is -0.0540. The second-order valence-corrected chi connectivity index (χ2v) is 5.95. The summed E-state index contributed by atoms with van der Waals surface area (Å²) in [6, 6.07) is 4.03. The van der Waals surface area contributed by atoms with Gasteiger partial charge in [-0.2, -0.15) is 0 Å². The number of hydrogen-bond acceptors (Lipinski definition) is 4. The number of rotatable bonds is 4. The first-order valence-electron chi connectivity index (χ1n) is 7.45. The van der Waals surface area contributed by atoms with Gasteiger partial charge in [0.25, 0.3) is 5.91 Å². The summed E-state index contributed by atoms with van der Waals surface area (Å²) in [6.07, 6.45) is 2.56. The van der Waals surface area contributed by atoms with Crippen molar-refractivity contribution in [1.82, 2.24) is 10.5 Å². The minimum absolute atomic E-state index is 0.0146. The Morgan fingerprint density at radius 3 is 3.00 bits per heavy atom. The number of aliphatic hydroxyl groups excluding tert-OH is 1. The van der Waals surface area contributed by atoms with Crippen LogP contribution in [-0.2, 0) is 12.8 Å². The number of aliphatic hydroxyl groups is 1. The fraction of sp³-hybridized carbons (Fsp3) is 0.375. The number of aryl methyl sites for hydroxylation is 1. The van der Waals surface area contributed by atoms with Crippen molar-refractivity contribution in [2.75, 3.05) is 6.54 Å². The zero-order valence-electron chi connectivity index (χ0n) is 12.3. The molecule has 2 aromatic rings. The Bertz CT molecular complexity index is 732. The fourth-order valence-electron chi connectivity index (χ4n) is 2.67. The molecule has 0 fully saturated rings. The van der Waals surface area contributed by atoms with Gasteiger partial charge in [0.15, 0.2) is 5.69 Å². The van der Waals surface area contributed by atoms with Crippen molar-refractivity contribution in [3.8, 4) is 0 Å². The SMILES string of the molecule is O=C(NCC(O)c1ccc(Cl)c(F)c1)c1noc2c1CCCC2. The van der Waals surface area contributed by atoms with Crippen LogP contribution in [0.25, 0.3) is 0 Å². The van der Waals surface area contributed by atoms with Crippen molar-refractivity contribution in [2.45, 2.75) is 31.8 Å². The lowest BCUT2D eigenvalue weighted by atomic mass is 9.96. The first-order chi connectivity index (χ1) is 11.1. The molecule has 0 spiro atoms. The van der Waals surface area contributed by atoms with Crippen LogP contribution in [0.3, 0.4) is 0 Å². The van der Waals surface area contributed by atoms with E-state index in [9.17, 15) is 14.3 Å². The van der Waals surface area contributed by atoms with E-state index in [1.807, 2.05) is 0 Å². The normalized spacial score (nSPS) is 15.1. The molecule has 0 saturated carbocycles. The molecule has 7 heteroatoms. The van der Waals surface area contributed by atoms with Gasteiger partial charge in [-0.1, -0.05) is 22.8 Å². The molecular weight excluding hydrogens is 323 g/mol. The molecule has 1 unspecified atom stereocenters. The molecule has 1 aromatic heterocycles. The zero-order valence-corrected chi connectivity index (χ0v) is 13.1. The number of carbonyl (C=O) groups is 1. The van der Waals surface area contributed by atoms with Gasteiger partial charge in [0.1, 0.15) is 11.6 Å². The molecule has 122 valence electrons. The zero-order chi connectivity index (χ0) is 16.4. The van der Waals surface area contributed by atoms with Crippen LogP contribution in [0.4, 0.5) is 4.39 Å². The molecule has 0 bridgehead atoms. The molecule has 1 atom stereocenters. The predicted molar refractivity (Wildman–Crippen MR) is 81.8 cm³/mol. The van der Waals surface area contributed by atoms with Crippen LogP contribution in [0.15, 0.2) is 22.7 Å². The van der Waals surface area contributed by atoms with Crippen molar-refractivity contribution in [3.63, 3.8) is 0 Å². The topological polar surface area (TPSA) is 75.4 Å². The predicted octanol–water partition coefficient (Wildman–Crippen LogP) is 2.81. The van der Waals surface area contributed by atoms with Gasteiger partial charge in [0.2, 0.25) is 0 Å². The van der Waals surface area contributed by atoms with E-state index in [0.717, 1.165) is 43.1 Å². The van der Waals surface area contributed by atoms with E-state index >= 15 is 0 Å². The van der Waals surface area contributed by atoms with Gasteiger partial charge in [-0.15, -0.1) is 0 Å². The highest BCUT2D eigenvalue weighted by molar-refractivity contribution is 6.30. The smallest absolute Gasteiger partial charge is 0.273 e. The lowest BCUT2D eigenvalue weighted by molar-refractivity contribution is 0.0906. The van der Waals surface area contributed by atoms with Gasteiger partial charge < -0.3 is 14.9 Å². The number of nitrogens with zero attached hydrogens (tertiary/aromatic N) is 1. The Hall–Kier alpha value is -1.92. The Balaban J connectivity index is 1.64. The quantitative estimate of drug-likeness (QED) is 0.899. The number of nitrogens with one attached hydrogen (secondary N) is 1. The summed E-state index contributed by atoms with van der Waals surface area (Å²) in [5, 5.41) is 16.5. The van der Waals surface area contributed by atoms with Gasteiger partial charge in [-0.05, 0) is 37.0 Å². The van der Waals surface area contributed by atoms with Crippen LogP contribution in [0.5, 0.6) is 0 Å². The molecule has 1 aliphatic carbocycles. The molecule has 2 N–H and O–H groups in total. The molecule has 5 nitrogen and oxygen atoms in total. The van der Waals surface area contributed by atoms with Crippen molar-refractivity contribution >= 4 is 17.5 Å². The molecule has 0 radical (unpaired) electrons. The Labute approximate surface area is 137 Å². The van der Waals surface area contributed by atoms with Crippen LogP contribution in [0.2, 0.25) is 5.02 Å². The first-order valence-corrected chi connectivity index (χ1v) is 7.82. The lowest BCUT2D eigenvalue weighted by Gasteiger charge is -2.13. The molecule has 3 rings (SSSR count). The van der Waals surface area contributed by atoms with Gasteiger partial charge in [-0.25, -0.2) is 4.39 Å². The lowest BCUT2D eigenvalue weighted by Crippen LogP contribution is -2.29. The highest BCUT2D eigenvalue weighted by Gasteiger charge is 2.24. The van der Waals surface area contributed by atoms with Crippen LogP contribution in [0.1, 0.15) is 46.3 Å². The van der Waals surface area contributed by atoms with E-state index in [1.165, 1.54) is 12.1 Å². The second-order valence-electron chi connectivity index (χ2n) is 5.54. The maximum atomic E-state index is 13.4. The number of hydrogen-bond donors (Lipinski definition) is 2. The molecule has 1 aliphatic rings.